The highest BCUT2D eigenvalue weighted by Gasteiger charge is 2.95. The molecule has 2 unspecified atom stereocenters. The molecule has 1 spiro atoms. The molecule has 3 fully saturated rings. The van der Waals surface area contributed by atoms with E-state index in [0.717, 1.165) is 6.42 Å². The van der Waals surface area contributed by atoms with Crippen LogP contribution < -0.4 is 0 Å². The lowest BCUT2D eigenvalue weighted by Crippen LogP contribution is -2.31. The van der Waals surface area contributed by atoms with E-state index in [0.29, 0.717) is 29.5 Å². The molecule has 0 saturated heterocycles. The Kier molecular flexibility index (Phi) is 0.592. The molecule has 0 heterocycles. The van der Waals surface area contributed by atoms with E-state index in [2.05, 4.69) is 0 Å². The van der Waals surface area contributed by atoms with Gasteiger partial charge in [-0.05, 0) is 24.7 Å². The molecule has 0 aromatic carbocycles. The van der Waals surface area contributed by atoms with Crippen LogP contribution in [-0.4, -0.2) is 23.4 Å². The summed E-state index contributed by atoms with van der Waals surface area (Å²) >= 11 is 0. The third kappa shape index (κ3) is 0.264. The van der Waals surface area contributed by atoms with E-state index in [-0.39, 0.29) is 0 Å². The summed E-state index contributed by atoms with van der Waals surface area (Å²) in [6, 6.07) is 0. The Morgan fingerprint density at radius 3 is 1.60 bits per heavy atom. The fourth-order valence-corrected chi connectivity index (χ4v) is 3.60. The van der Waals surface area contributed by atoms with E-state index < -0.39 is 0 Å². The zero-order valence-corrected chi connectivity index (χ0v) is 5.93. The van der Waals surface area contributed by atoms with Gasteiger partial charge in [-0.3, -0.25) is 0 Å². The van der Waals surface area contributed by atoms with E-state index >= 15 is 0 Å². The molecule has 3 saturated carbocycles. The first-order chi connectivity index (χ1) is 4.74. The molecule has 3 aliphatic rings. The van der Waals surface area contributed by atoms with Crippen molar-refractivity contribution in [3.8, 4) is 0 Å². The fraction of sp³-hybridized carbons (Fsp3) is 1.00. The molecule has 0 aliphatic heterocycles. The Balaban J connectivity index is 1.90. The molecule has 0 aromatic rings. The number of rotatable bonds is 2. The van der Waals surface area contributed by atoms with Gasteiger partial charge in [0.2, 0.25) is 0 Å². The minimum atomic E-state index is 0.301. The third-order valence-corrected chi connectivity index (χ3v) is 4.34. The summed E-state index contributed by atoms with van der Waals surface area (Å²) in [7, 11) is 0. The van der Waals surface area contributed by atoms with Crippen LogP contribution in [0.4, 0.5) is 0 Å². The van der Waals surface area contributed by atoms with E-state index in [1.807, 2.05) is 0 Å². The summed E-state index contributed by atoms with van der Waals surface area (Å²) < 4.78 is 0. The molecule has 3 aliphatic carbocycles. The van der Waals surface area contributed by atoms with Crippen LogP contribution in [0.3, 0.4) is 0 Å². The predicted molar refractivity (Wildman–Crippen MR) is 35.3 cm³/mol. The van der Waals surface area contributed by atoms with Gasteiger partial charge in [-0.1, -0.05) is 0 Å². The van der Waals surface area contributed by atoms with Crippen molar-refractivity contribution in [3.05, 3.63) is 0 Å². The van der Waals surface area contributed by atoms with Crippen molar-refractivity contribution >= 4 is 0 Å². The van der Waals surface area contributed by atoms with Crippen molar-refractivity contribution in [2.24, 2.45) is 16.2 Å². The quantitative estimate of drug-likeness (QED) is 0.573. The highest BCUT2D eigenvalue weighted by Crippen LogP contribution is 3.00. The van der Waals surface area contributed by atoms with Crippen molar-refractivity contribution in [3.63, 3.8) is 0 Å². The Bertz CT molecular complexity index is 191. The Hall–Kier alpha value is -0.0800. The number of aliphatic hydroxyl groups excluding tert-OH is 2. The van der Waals surface area contributed by atoms with Crippen LogP contribution in [0.15, 0.2) is 0 Å². The lowest BCUT2D eigenvalue weighted by molar-refractivity contribution is 0.0522. The molecule has 56 valence electrons. The Labute approximate surface area is 59.9 Å². The molecular formula is C8H12O2. The second-order valence-corrected chi connectivity index (χ2v) is 4.49. The van der Waals surface area contributed by atoms with Crippen LogP contribution in [0.5, 0.6) is 0 Å². The van der Waals surface area contributed by atoms with E-state index in [1.54, 1.807) is 0 Å². The van der Waals surface area contributed by atoms with Gasteiger partial charge in [0.15, 0.2) is 0 Å². The maximum atomic E-state index is 9.01. The summed E-state index contributed by atoms with van der Waals surface area (Å²) in [6.07, 6.45) is 3.47. The van der Waals surface area contributed by atoms with Gasteiger partial charge in [0.25, 0.3) is 0 Å². The van der Waals surface area contributed by atoms with Gasteiger partial charge in [0.1, 0.15) is 0 Å². The van der Waals surface area contributed by atoms with Crippen molar-refractivity contribution < 1.29 is 10.2 Å². The van der Waals surface area contributed by atoms with E-state index in [9.17, 15) is 0 Å². The highest BCUT2D eigenvalue weighted by molar-refractivity contribution is 5.43. The minimum Gasteiger partial charge on any atom is -0.396 e. The smallest absolute Gasteiger partial charge is 0.0493 e. The van der Waals surface area contributed by atoms with Gasteiger partial charge < -0.3 is 10.2 Å². The lowest BCUT2D eigenvalue weighted by atomic mass is 9.75. The Morgan fingerprint density at radius 1 is 0.900 bits per heavy atom. The molecule has 2 atom stereocenters. The summed E-state index contributed by atoms with van der Waals surface area (Å²) in [5.41, 5.74) is 1.05. The van der Waals surface area contributed by atoms with Crippen molar-refractivity contribution in [1.82, 2.24) is 0 Å². The van der Waals surface area contributed by atoms with Gasteiger partial charge in [-0.15, -0.1) is 0 Å². The van der Waals surface area contributed by atoms with Crippen LogP contribution in [0.2, 0.25) is 0 Å². The standard InChI is InChI=1S/C8H12O2/c9-4-6-1-7(5-10)3-8(6,7)2-6/h9-10H,1-5H2. The van der Waals surface area contributed by atoms with E-state index in [1.165, 1.54) is 12.8 Å². The van der Waals surface area contributed by atoms with Gasteiger partial charge in [0.05, 0.1) is 0 Å². The van der Waals surface area contributed by atoms with Crippen LogP contribution in [0.25, 0.3) is 0 Å². The minimum absolute atomic E-state index is 0.301. The molecule has 2 heteroatoms. The summed E-state index contributed by atoms with van der Waals surface area (Å²) in [4.78, 5) is 0. The SMILES string of the molecule is OCC12CC3(CO)CC13C2. The van der Waals surface area contributed by atoms with E-state index in [4.69, 9.17) is 10.2 Å². The molecule has 0 radical (unpaired) electrons. The molecule has 2 N–H and O–H groups in total. The first-order valence-corrected chi connectivity index (χ1v) is 3.96. The predicted octanol–water partition coefficient (Wildman–Crippen LogP) is 0.141. The third-order valence-electron chi connectivity index (χ3n) is 4.34. The number of aliphatic hydroxyl groups is 2. The van der Waals surface area contributed by atoms with Crippen LogP contribution in [-0.2, 0) is 0 Å². The van der Waals surface area contributed by atoms with Gasteiger partial charge in [-0.25, -0.2) is 0 Å². The van der Waals surface area contributed by atoms with Crippen molar-refractivity contribution in [2.75, 3.05) is 13.2 Å². The van der Waals surface area contributed by atoms with Crippen LogP contribution in [0, 0.1) is 16.2 Å². The fourth-order valence-electron chi connectivity index (χ4n) is 3.60. The molecule has 0 bridgehead atoms. The monoisotopic (exact) mass is 140 g/mol. The number of hydrogen-bond donors (Lipinski definition) is 2. The maximum absolute atomic E-state index is 9.01. The first kappa shape index (κ1) is 5.56. The summed E-state index contributed by atoms with van der Waals surface area (Å²) in [5.74, 6) is 0. The van der Waals surface area contributed by atoms with Gasteiger partial charge in [0, 0.05) is 24.0 Å². The van der Waals surface area contributed by atoms with Crippen LogP contribution in [0.1, 0.15) is 19.3 Å². The number of hydrogen-bond acceptors (Lipinski definition) is 2. The zero-order valence-electron chi connectivity index (χ0n) is 5.93. The first-order valence-electron chi connectivity index (χ1n) is 3.96. The molecule has 0 amide bonds. The Morgan fingerprint density at radius 2 is 1.40 bits per heavy atom. The molecule has 2 nitrogen and oxygen atoms in total. The average Bonchev–Trinajstić information content (AvgIpc) is 2.72. The second kappa shape index (κ2) is 1.07. The van der Waals surface area contributed by atoms with Crippen LogP contribution >= 0.6 is 0 Å². The van der Waals surface area contributed by atoms with Gasteiger partial charge in [-0.2, -0.15) is 0 Å². The van der Waals surface area contributed by atoms with Crippen molar-refractivity contribution in [1.29, 1.82) is 0 Å². The highest BCUT2D eigenvalue weighted by atomic mass is 16.3. The lowest BCUT2D eigenvalue weighted by Gasteiger charge is -2.31. The molecular weight excluding hydrogens is 128 g/mol. The molecule has 0 aromatic heterocycles. The molecule has 3 rings (SSSR count). The summed E-state index contributed by atoms with van der Waals surface area (Å²) in [5, 5.41) is 18.0. The topological polar surface area (TPSA) is 40.5 Å². The zero-order chi connectivity index (χ0) is 7.04. The second-order valence-electron chi connectivity index (χ2n) is 4.49. The van der Waals surface area contributed by atoms with Crippen molar-refractivity contribution in [2.45, 2.75) is 19.3 Å². The largest absolute Gasteiger partial charge is 0.396 e. The average molecular weight is 140 g/mol. The normalized spacial score (nSPS) is 67.8. The maximum Gasteiger partial charge on any atom is 0.0493 e. The molecule has 10 heavy (non-hydrogen) atoms. The summed E-state index contributed by atoms with van der Waals surface area (Å²) in [6.45, 7) is 0.712. The van der Waals surface area contributed by atoms with Gasteiger partial charge >= 0.3 is 0 Å².